The van der Waals surface area contributed by atoms with Crippen molar-refractivity contribution in [2.24, 2.45) is 23.7 Å². The number of carbonyl (C=O) groups is 5. The number of nitrogens with zero attached hydrogens (tertiary/aromatic N) is 3. The second-order valence-corrected chi connectivity index (χ2v) is 15.9. The summed E-state index contributed by atoms with van der Waals surface area (Å²) in [5.74, 6) is -3.15. The molecule has 0 spiro atoms. The minimum absolute atomic E-state index is 0.0218. The number of ketones is 1. The maximum absolute atomic E-state index is 14.1. The van der Waals surface area contributed by atoms with Crippen LogP contribution in [0.1, 0.15) is 113 Å². The normalized spacial score (nSPS) is 18.1. The van der Waals surface area contributed by atoms with Crippen LogP contribution < -0.4 is 5.32 Å². The van der Waals surface area contributed by atoms with Crippen LogP contribution in [0.25, 0.3) is 0 Å². The van der Waals surface area contributed by atoms with Gasteiger partial charge < -0.3 is 20.1 Å². The van der Waals surface area contributed by atoms with Gasteiger partial charge in [-0.05, 0) is 63.6 Å². The van der Waals surface area contributed by atoms with E-state index in [-0.39, 0.29) is 60.6 Å². The summed E-state index contributed by atoms with van der Waals surface area (Å²) in [7, 11) is 3.72. The number of hydrogen-bond donors (Lipinski definition) is 2. The Morgan fingerprint density at radius 3 is 2.27 bits per heavy atom. The number of nitrogens with one attached hydrogen (secondary N) is 1. The predicted molar refractivity (Wildman–Crippen MR) is 198 cm³/mol. The number of likely N-dealkylation sites (N-methyl/N-ethyl adjacent to an activating group) is 1. The molecule has 0 saturated carbocycles. The highest BCUT2D eigenvalue weighted by atomic mass is 32.1. The van der Waals surface area contributed by atoms with Crippen molar-refractivity contribution in [3.8, 4) is 0 Å². The number of amides is 2. The number of likely N-dealkylation sites (tertiary alicyclic amines) is 1. The molecule has 12 heteroatoms. The van der Waals surface area contributed by atoms with Crippen LogP contribution in [0.5, 0.6) is 0 Å². The van der Waals surface area contributed by atoms with Gasteiger partial charge in [-0.15, -0.1) is 11.3 Å². The van der Waals surface area contributed by atoms with E-state index in [1.54, 1.807) is 24.3 Å². The number of carboxylic acid groups (broad SMARTS) is 1. The largest absolute Gasteiger partial charge is 0.481 e. The molecule has 11 nitrogen and oxygen atoms in total. The zero-order valence-electron chi connectivity index (χ0n) is 31.8. The van der Waals surface area contributed by atoms with Crippen LogP contribution in [0.3, 0.4) is 0 Å². The Morgan fingerprint density at radius 2 is 1.71 bits per heavy atom. The summed E-state index contributed by atoms with van der Waals surface area (Å²) in [4.78, 5) is 73.4. The van der Waals surface area contributed by atoms with Gasteiger partial charge in [0.1, 0.15) is 10.7 Å². The zero-order valence-corrected chi connectivity index (χ0v) is 32.6. The predicted octanol–water partition coefficient (Wildman–Crippen LogP) is 6.10. The molecule has 282 valence electrons. The lowest BCUT2D eigenvalue weighted by molar-refractivity contribution is -0.149. The van der Waals surface area contributed by atoms with Gasteiger partial charge in [0.15, 0.2) is 11.9 Å². The van der Waals surface area contributed by atoms with E-state index in [1.165, 1.54) is 18.3 Å². The molecule has 3 rings (SSSR count). The minimum Gasteiger partial charge on any atom is -0.481 e. The first kappa shape index (κ1) is 41.8. The lowest BCUT2D eigenvalue weighted by Gasteiger charge is -2.37. The van der Waals surface area contributed by atoms with Gasteiger partial charge in [0.25, 0.3) is 5.91 Å². The molecule has 1 aliphatic heterocycles. The summed E-state index contributed by atoms with van der Waals surface area (Å²) < 4.78 is 5.77. The smallest absolute Gasteiger partial charge is 0.306 e. The van der Waals surface area contributed by atoms with Crippen molar-refractivity contribution in [3.05, 3.63) is 51.5 Å². The van der Waals surface area contributed by atoms with Gasteiger partial charge in [-0.25, -0.2) is 4.98 Å². The Hall–Kier alpha value is -3.64. The monoisotopic (exact) mass is 726 g/mol. The fourth-order valence-corrected chi connectivity index (χ4v) is 7.73. The van der Waals surface area contributed by atoms with E-state index in [4.69, 9.17) is 4.74 Å². The van der Waals surface area contributed by atoms with Crippen LogP contribution in [0.2, 0.25) is 0 Å². The quantitative estimate of drug-likeness (QED) is 0.174. The molecule has 2 heterocycles. The summed E-state index contributed by atoms with van der Waals surface area (Å²) in [5.41, 5.74) is 2.21. The molecule has 1 saturated heterocycles. The maximum atomic E-state index is 14.1. The maximum Gasteiger partial charge on any atom is 0.306 e. The van der Waals surface area contributed by atoms with Crippen molar-refractivity contribution in [2.75, 3.05) is 20.6 Å². The fourth-order valence-electron chi connectivity index (χ4n) is 6.89. The van der Waals surface area contributed by atoms with Crippen LogP contribution in [-0.2, 0) is 30.3 Å². The van der Waals surface area contributed by atoms with Gasteiger partial charge in [-0.1, -0.05) is 70.9 Å². The van der Waals surface area contributed by atoms with Crippen LogP contribution in [-0.4, -0.2) is 88.2 Å². The number of aromatic nitrogens is 1. The number of aryl methyl sites for hydroxylation is 1. The highest BCUT2D eigenvalue weighted by molar-refractivity contribution is 7.09. The SMILES string of the molecule is CC(=O)O[C@H](C[C@H](C(C)C)N(C)C(=O)[C@@H](CC(=O)[C@H]1CCCCN1C)C(C)C)c1nc(C(=O)N[C@@H](Cc2ccc(C)cc2)C[C@H](C)C(=O)O)cs1. The van der Waals surface area contributed by atoms with E-state index in [0.717, 1.165) is 36.9 Å². The highest BCUT2D eigenvalue weighted by Gasteiger charge is 2.37. The van der Waals surface area contributed by atoms with E-state index >= 15 is 0 Å². The molecule has 6 atom stereocenters. The lowest BCUT2D eigenvalue weighted by atomic mass is 9.84. The van der Waals surface area contributed by atoms with Gasteiger partial charge in [-0.2, -0.15) is 0 Å². The molecule has 2 aromatic rings. The number of piperidine rings is 1. The molecule has 2 amide bonds. The summed E-state index contributed by atoms with van der Waals surface area (Å²) in [5, 5.41) is 14.6. The number of esters is 1. The number of carboxylic acids is 1. The van der Waals surface area contributed by atoms with Crippen LogP contribution in [0, 0.1) is 30.6 Å². The third-order valence-electron chi connectivity index (χ3n) is 10.1. The molecule has 0 aliphatic carbocycles. The summed E-state index contributed by atoms with van der Waals surface area (Å²) in [6.07, 6.45) is 3.19. The van der Waals surface area contributed by atoms with Gasteiger partial charge in [0.2, 0.25) is 5.91 Å². The number of ether oxygens (including phenoxy) is 1. The van der Waals surface area contributed by atoms with Crippen molar-refractivity contribution in [2.45, 2.75) is 118 Å². The van der Waals surface area contributed by atoms with Crippen LogP contribution in [0.15, 0.2) is 29.6 Å². The first-order valence-corrected chi connectivity index (χ1v) is 19.1. The average molecular weight is 727 g/mol. The molecule has 0 unspecified atom stereocenters. The van der Waals surface area contributed by atoms with E-state index < -0.39 is 41.8 Å². The van der Waals surface area contributed by atoms with Crippen molar-refractivity contribution >= 4 is 40.9 Å². The molecular weight excluding hydrogens is 669 g/mol. The molecule has 0 radical (unpaired) electrons. The fraction of sp³-hybridized carbons (Fsp3) is 0.641. The molecule has 1 aliphatic rings. The average Bonchev–Trinajstić information content (AvgIpc) is 3.56. The molecule has 1 aromatic carbocycles. The molecular formula is C39H58N4O7S. The Morgan fingerprint density at radius 1 is 1.04 bits per heavy atom. The molecule has 51 heavy (non-hydrogen) atoms. The van der Waals surface area contributed by atoms with Crippen molar-refractivity contribution in [3.63, 3.8) is 0 Å². The third kappa shape index (κ3) is 12.2. The number of Topliss-reactive ketones (excluding diaryl/α,β-unsaturated/α-hetero) is 1. The van der Waals surface area contributed by atoms with Gasteiger partial charge in [-0.3, -0.25) is 28.9 Å². The van der Waals surface area contributed by atoms with E-state index in [0.29, 0.717) is 11.4 Å². The Balaban J connectivity index is 1.80. The standard InChI is InChI=1S/C39H58N4O7S/c1-23(2)30(20-34(45)32-12-10-11-17-42(32)8)38(47)43(9)33(24(3)4)21-35(50-27(7)44)37-41-31(22-51-37)36(46)40-29(18-26(6)39(48)49)19-28-15-13-25(5)14-16-28/h13-16,22-24,26,29-30,32-33,35H,10-12,17-21H2,1-9H3,(H,40,46)(H,48,49)/t26-,29+,30-,32+,33+,35+/m0/s1. The van der Waals surface area contributed by atoms with Crippen molar-refractivity contribution < 1.29 is 33.8 Å². The molecule has 0 bridgehead atoms. The van der Waals surface area contributed by atoms with Gasteiger partial charge >= 0.3 is 11.9 Å². The van der Waals surface area contributed by atoms with Gasteiger partial charge in [0.05, 0.1) is 12.0 Å². The zero-order chi connectivity index (χ0) is 38.0. The first-order chi connectivity index (χ1) is 24.0. The van der Waals surface area contributed by atoms with E-state index in [2.05, 4.69) is 15.2 Å². The van der Waals surface area contributed by atoms with E-state index in [1.807, 2.05) is 65.9 Å². The Labute approximate surface area is 307 Å². The summed E-state index contributed by atoms with van der Waals surface area (Å²) >= 11 is 1.19. The molecule has 2 N–H and O–H groups in total. The van der Waals surface area contributed by atoms with Crippen molar-refractivity contribution in [1.29, 1.82) is 0 Å². The summed E-state index contributed by atoms with van der Waals surface area (Å²) in [6.45, 7) is 13.7. The topological polar surface area (TPSA) is 146 Å². The number of carbonyl (C=O) groups excluding carboxylic acids is 4. The Kier molecular flexibility index (Phi) is 15.8. The highest BCUT2D eigenvalue weighted by Crippen LogP contribution is 2.32. The second kappa shape index (κ2) is 19.3. The number of hydrogen-bond acceptors (Lipinski definition) is 9. The number of aliphatic carboxylic acids is 1. The molecule has 1 aromatic heterocycles. The number of benzene rings is 1. The van der Waals surface area contributed by atoms with Crippen molar-refractivity contribution in [1.82, 2.24) is 20.1 Å². The number of rotatable bonds is 18. The Bertz CT molecular complexity index is 1490. The third-order valence-corrected chi connectivity index (χ3v) is 11.0. The minimum atomic E-state index is -0.940. The second-order valence-electron chi connectivity index (χ2n) is 15.0. The van der Waals surface area contributed by atoms with Crippen LogP contribution in [0.4, 0.5) is 0 Å². The number of thiazole rings is 1. The summed E-state index contributed by atoms with van der Waals surface area (Å²) in [6, 6.07) is 6.91. The lowest BCUT2D eigenvalue weighted by Crippen LogP contribution is -2.48. The van der Waals surface area contributed by atoms with Crippen LogP contribution >= 0.6 is 11.3 Å². The first-order valence-electron chi connectivity index (χ1n) is 18.2. The van der Waals surface area contributed by atoms with E-state index in [9.17, 15) is 29.1 Å². The molecule has 1 fully saturated rings. The van der Waals surface area contributed by atoms with Gasteiger partial charge in [0, 0.05) is 50.2 Å².